The van der Waals surface area contributed by atoms with Crippen molar-refractivity contribution in [3.8, 4) is 0 Å². The second kappa shape index (κ2) is 5.74. The number of fused-ring (bicyclic) bond motifs is 4. The van der Waals surface area contributed by atoms with Crippen LogP contribution in [0.1, 0.15) is 26.3 Å². The number of nitrogens with zero attached hydrogens (tertiary/aromatic N) is 3. The van der Waals surface area contributed by atoms with Gasteiger partial charge in [0.25, 0.3) is 0 Å². The third-order valence-corrected chi connectivity index (χ3v) is 5.57. The number of pyridine rings is 1. The van der Waals surface area contributed by atoms with Gasteiger partial charge in [-0.2, -0.15) is 0 Å². The molecule has 0 saturated carbocycles. The minimum absolute atomic E-state index is 0.160. The van der Waals surface area contributed by atoms with Crippen molar-refractivity contribution < 1.29 is 4.42 Å². The summed E-state index contributed by atoms with van der Waals surface area (Å²) in [6.07, 6.45) is 2.03. The molecule has 4 heteroatoms. The van der Waals surface area contributed by atoms with E-state index in [-0.39, 0.29) is 6.17 Å². The van der Waals surface area contributed by atoms with Crippen LogP contribution in [0.15, 0.2) is 59.1 Å². The summed E-state index contributed by atoms with van der Waals surface area (Å²) in [6, 6.07) is 17.1. The largest absolute Gasteiger partial charge is 0.454 e. The zero-order chi connectivity index (χ0) is 18.7. The SMILES string of the molecule is Cc1ccc2c(oc3ccccc32)c1N1c2cccnc2N(C(C)C)C1C. The first-order chi connectivity index (χ1) is 13.1. The van der Waals surface area contributed by atoms with Crippen molar-refractivity contribution in [1.29, 1.82) is 0 Å². The molecule has 0 N–H and O–H groups in total. The second-order valence-electron chi connectivity index (χ2n) is 7.55. The number of aryl methyl sites for hydroxylation is 1. The molecule has 0 aliphatic carbocycles. The molecule has 1 aliphatic rings. The molecule has 0 radical (unpaired) electrons. The van der Waals surface area contributed by atoms with E-state index in [9.17, 15) is 0 Å². The van der Waals surface area contributed by atoms with Gasteiger partial charge >= 0.3 is 0 Å². The Labute approximate surface area is 159 Å². The zero-order valence-electron chi connectivity index (χ0n) is 16.1. The quantitative estimate of drug-likeness (QED) is 0.440. The monoisotopic (exact) mass is 357 g/mol. The molecule has 0 saturated heterocycles. The van der Waals surface area contributed by atoms with E-state index in [2.05, 4.69) is 67.8 Å². The van der Waals surface area contributed by atoms with Gasteiger partial charge in [-0.25, -0.2) is 4.98 Å². The van der Waals surface area contributed by atoms with Gasteiger partial charge < -0.3 is 14.2 Å². The summed E-state index contributed by atoms with van der Waals surface area (Å²) in [5, 5.41) is 2.32. The Morgan fingerprint density at radius 1 is 1.00 bits per heavy atom. The standard InChI is InChI=1S/C23H23N3O/c1-14(2)25-16(4)26(19-9-7-13-24-23(19)25)21-15(3)11-12-18-17-8-5-6-10-20(17)27-22(18)21/h5-14,16H,1-4H3. The van der Waals surface area contributed by atoms with Gasteiger partial charge in [0.15, 0.2) is 11.4 Å². The highest BCUT2D eigenvalue weighted by Gasteiger charge is 2.38. The summed E-state index contributed by atoms with van der Waals surface area (Å²) < 4.78 is 6.36. The molecule has 3 heterocycles. The molecule has 1 unspecified atom stereocenters. The molecule has 2 aromatic carbocycles. The van der Waals surface area contributed by atoms with Crippen LogP contribution in [0.4, 0.5) is 17.2 Å². The maximum atomic E-state index is 6.36. The van der Waals surface area contributed by atoms with Crippen molar-refractivity contribution in [2.75, 3.05) is 9.80 Å². The van der Waals surface area contributed by atoms with E-state index < -0.39 is 0 Å². The maximum Gasteiger partial charge on any atom is 0.159 e. The Morgan fingerprint density at radius 3 is 2.63 bits per heavy atom. The summed E-state index contributed by atoms with van der Waals surface area (Å²) in [6.45, 7) is 8.82. The summed E-state index contributed by atoms with van der Waals surface area (Å²) in [4.78, 5) is 9.44. The van der Waals surface area contributed by atoms with Crippen LogP contribution in [0.3, 0.4) is 0 Å². The van der Waals surface area contributed by atoms with Crippen LogP contribution in [0, 0.1) is 6.92 Å². The van der Waals surface area contributed by atoms with Crippen LogP contribution in [0.2, 0.25) is 0 Å². The second-order valence-corrected chi connectivity index (χ2v) is 7.55. The minimum atomic E-state index is 0.160. The first-order valence-electron chi connectivity index (χ1n) is 9.51. The summed E-state index contributed by atoms with van der Waals surface area (Å²) >= 11 is 0. The highest BCUT2D eigenvalue weighted by Crippen LogP contribution is 2.48. The number of rotatable bonds is 2. The number of aromatic nitrogens is 1. The fraction of sp³-hybridized carbons (Fsp3) is 0.261. The van der Waals surface area contributed by atoms with Crippen molar-refractivity contribution in [2.45, 2.75) is 39.9 Å². The van der Waals surface area contributed by atoms with E-state index in [1.165, 1.54) is 5.56 Å². The Hall–Kier alpha value is -3.01. The lowest BCUT2D eigenvalue weighted by Gasteiger charge is -2.33. The van der Waals surface area contributed by atoms with Gasteiger partial charge in [0.2, 0.25) is 0 Å². The molecular formula is C23H23N3O. The van der Waals surface area contributed by atoms with E-state index in [4.69, 9.17) is 9.40 Å². The van der Waals surface area contributed by atoms with E-state index >= 15 is 0 Å². The molecule has 2 aromatic heterocycles. The molecule has 0 fully saturated rings. The van der Waals surface area contributed by atoms with E-state index in [1.54, 1.807) is 0 Å². The van der Waals surface area contributed by atoms with Crippen LogP contribution in [-0.4, -0.2) is 17.2 Å². The van der Waals surface area contributed by atoms with Crippen LogP contribution in [-0.2, 0) is 0 Å². The van der Waals surface area contributed by atoms with Gasteiger partial charge in [0.05, 0.1) is 11.4 Å². The normalized spacial score (nSPS) is 16.7. The van der Waals surface area contributed by atoms with Gasteiger partial charge in [-0.1, -0.05) is 30.3 Å². The third-order valence-electron chi connectivity index (χ3n) is 5.57. The zero-order valence-corrected chi connectivity index (χ0v) is 16.1. The average Bonchev–Trinajstić information content (AvgIpc) is 3.17. The number of para-hydroxylation sites is 1. The minimum Gasteiger partial charge on any atom is -0.454 e. The van der Waals surface area contributed by atoms with Crippen LogP contribution < -0.4 is 9.80 Å². The van der Waals surface area contributed by atoms with Crippen molar-refractivity contribution >= 4 is 39.1 Å². The van der Waals surface area contributed by atoms with Gasteiger partial charge in [-0.15, -0.1) is 0 Å². The van der Waals surface area contributed by atoms with Gasteiger partial charge in [-0.3, -0.25) is 0 Å². The highest BCUT2D eigenvalue weighted by atomic mass is 16.3. The van der Waals surface area contributed by atoms with Crippen LogP contribution in [0.25, 0.3) is 21.9 Å². The number of hydrogen-bond donors (Lipinski definition) is 0. The number of furan rings is 1. The number of benzene rings is 2. The molecule has 1 atom stereocenters. The molecule has 1 aliphatic heterocycles. The molecule has 0 amide bonds. The first kappa shape index (κ1) is 16.2. The predicted octanol–water partition coefficient (Wildman–Crippen LogP) is 6.00. The molecule has 0 spiro atoms. The lowest BCUT2D eigenvalue weighted by atomic mass is 10.1. The van der Waals surface area contributed by atoms with Crippen LogP contribution in [0.5, 0.6) is 0 Å². The summed E-state index contributed by atoms with van der Waals surface area (Å²) in [5.41, 5.74) is 5.35. The van der Waals surface area contributed by atoms with Gasteiger partial charge in [0, 0.05) is 23.0 Å². The fourth-order valence-corrected chi connectivity index (χ4v) is 4.43. The molecule has 4 nitrogen and oxygen atoms in total. The van der Waals surface area contributed by atoms with E-state index in [1.807, 2.05) is 24.4 Å². The van der Waals surface area contributed by atoms with Crippen molar-refractivity contribution in [3.05, 3.63) is 60.3 Å². The number of anilines is 3. The molecule has 136 valence electrons. The topological polar surface area (TPSA) is 32.5 Å². The number of hydrogen-bond acceptors (Lipinski definition) is 4. The molecule has 5 rings (SSSR count). The first-order valence-corrected chi connectivity index (χ1v) is 9.51. The van der Waals surface area contributed by atoms with E-state index in [0.717, 1.165) is 39.1 Å². The van der Waals surface area contributed by atoms with Crippen LogP contribution >= 0.6 is 0 Å². The van der Waals surface area contributed by atoms with E-state index in [0.29, 0.717) is 6.04 Å². The molecule has 0 bridgehead atoms. The Kier molecular flexibility index (Phi) is 3.44. The predicted molar refractivity (Wildman–Crippen MR) is 112 cm³/mol. The summed E-state index contributed by atoms with van der Waals surface area (Å²) in [7, 11) is 0. The molecular weight excluding hydrogens is 334 g/mol. The molecule has 27 heavy (non-hydrogen) atoms. The van der Waals surface area contributed by atoms with Crippen molar-refractivity contribution in [1.82, 2.24) is 4.98 Å². The smallest absolute Gasteiger partial charge is 0.159 e. The lowest BCUT2D eigenvalue weighted by molar-refractivity contribution is 0.598. The van der Waals surface area contributed by atoms with Gasteiger partial charge in [-0.05, 0) is 51.5 Å². The van der Waals surface area contributed by atoms with Crippen molar-refractivity contribution in [3.63, 3.8) is 0 Å². The molecule has 4 aromatic rings. The Balaban J connectivity index is 1.82. The Bertz CT molecular complexity index is 1160. The highest BCUT2D eigenvalue weighted by molar-refractivity contribution is 6.10. The lowest BCUT2D eigenvalue weighted by Crippen LogP contribution is -2.42. The fourth-order valence-electron chi connectivity index (χ4n) is 4.43. The van der Waals surface area contributed by atoms with Gasteiger partial charge in [0.1, 0.15) is 11.7 Å². The maximum absolute atomic E-state index is 6.36. The summed E-state index contributed by atoms with van der Waals surface area (Å²) in [5.74, 6) is 1.03. The Morgan fingerprint density at radius 2 is 1.81 bits per heavy atom. The average molecular weight is 357 g/mol. The van der Waals surface area contributed by atoms with Crippen molar-refractivity contribution in [2.24, 2.45) is 0 Å². The third kappa shape index (κ3) is 2.19.